The molecule has 0 bridgehead atoms. The van der Waals surface area contributed by atoms with Crippen LogP contribution in [-0.2, 0) is 14.3 Å². The summed E-state index contributed by atoms with van der Waals surface area (Å²) in [6, 6.07) is 15.1. The van der Waals surface area contributed by atoms with Crippen LogP contribution in [0.4, 0.5) is 0 Å². The summed E-state index contributed by atoms with van der Waals surface area (Å²) in [5.74, 6) is -1.36. The molecule has 0 aromatic heterocycles. The summed E-state index contributed by atoms with van der Waals surface area (Å²) in [5.41, 5.74) is 1.06. The topological polar surface area (TPSA) is 84.5 Å². The van der Waals surface area contributed by atoms with E-state index >= 15 is 0 Å². The molecule has 2 amide bonds. The SMILES string of the molecule is CCNC(=O)[C@H](C)OC(=O)C[C@@H](NC(=O)c1ccccc1Cl)c1ccccc1. The van der Waals surface area contributed by atoms with E-state index in [-0.39, 0.29) is 12.3 Å². The molecule has 0 aliphatic rings. The number of rotatable bonds is 8. The van der Waals surface area contributed by atoms with Crippen LogP contribution in [0.1, 0.15) is 42.2 Å². The zero-order valence-corrected chi connectivity index (χ0v) is 16.5. The number of likely N-dealkylation sites (N-methyl/N-ethyl adjacent to an activating group) is 1. The fourth-order valence-corrected chi connectivity index (χ4v) is 2.82. The molecule has 7 heteroatoms. The number of nitrogens with one attached hydrogen (secondary N) is 2. The number of hydrogen-bond acceptors (Lipinski definition) is 4. The third-order valence-corrected chi connectivity index (χ3v) is 4.35. The Labute approximate surface area is 169 Å². The smallest absolute Gasteiger partial charge is 0.309 e. The Kier molecular flexibility index (Phi) is 8.02. The van der Waals surface area contributed by atoms with Crippen molar-refractivity contribution in [2.24, 2.45) is 0 Å². The molecule has 148 valence electrons. The van der Waals surface area contributed by atoms with Crippen LogP contribution >= 0.6 is 11.6 Å². The van der Waals surface area contributed by atoms with Crippen molar-refractivity contribution in [3.63, 3.8) is 0 Å². The zero-order valence-electron chi connectivity index (χ0n) is 15.8. The Morgan fingerprint density at radius 1 is 1.04 bits per heavy atom. The lowest BCUT2D eigenvalue weighted by Gasteiger charge is -2.20. The minimum Gasteiger partial charge on any atom is -0.452 e. The van der Waals surface area contributed by atoms with Crippen LogP contribution in [0, 0.1) is 0 Å². The summed E-state index contributed by atoms with van der Waals surface area (Å²) in [6.07, 6.45) is -1.03. The lowest BCUT2D eigenvalue weighted by Crippen LogP contribution is -2.37. The van der Waals surface area contributed by atoms with Gasteiger partial charge in [-0.1, -0.05) is 54.1 Å². The minimum absolute atomic E-state index is 0.121. The molecule has 2 aromatic carbocycles. The van der Waals surface area contributed by atoms with Gasteiger partial charge in [0.05, 0.1) is 23.0 Å². The van der Waals surface area contributed by atoms with Gasteiger partial charge in [0.15, 0.2) is 6.10 Å². The van der Waals surface area contributed by atoms with Crippen LogP contribution in [0.2, 0.25) is 5.02 Å². The first-order valence-electron chi connectivity index (χ1n) is 9.00. The normalized spacial score (nSPS) is 12.5. The molecule has 2 atom stereocenters. The molecule has 0 aliphatic carbocycles. The maximum Gasteiger partial charge on any atom is 0.309 e. The van der Waals surface area contributed by atoms with Crippen molar-refractivity contribution in [1.82, 2.24) is 10.6 Å². The van der Waals surface area contributed by atoms with E-state index in [1.54, 1.807) is 43.3 Å². The van der Waals surface area contributed by atoms with E-state index in [2.05, 4.69) is 10.6 Å². The molecule has 0 radical (unpaired) electrons. The fourth-order valence-electron chi connectivity index (χ4n) is 2.60. The van der Waals surface area contributed by atoms with Gasteiger partial charge in [0.25, 0.3) is 11.8 Å². The molecule has 0 spiro atoms. The van der Waals surface area contributed by atoms with Gasteiger partial charge in [0.2, 0.25) is 0 Å². The number of ether oxygens (including phenoxy) is 1. The predicted molar refractivity (Wildman–Crippen MR) is 107 cm³/mol. The molecule has 0 saturated heterocycles. The Morgan fingerprint density at radius 3 is 2.32 bits per heavy atom. The van der Waals surface area contributed by atoms with Crippen molar-refractivity contribution in [3.05, 3.63) is 70.7 Å². The van der Waals surface area contributed by atoms with Crippen molar-refractivity contribution in [1.29, 1.82) is 0 Å². The fraction of sp³-hybridized carbons (Fsp3) is 0.286. The Hall–Kier alpha value is -2.86. The van der Waals surface area contributed by atoms with Crippen molar-refractivity contribution in [2.45, 2.75) is 32.4 Å². The van der Waals surface area contributed by atoms with Crippen LogP contribution in [0.25, 0.3) is 0 Å². The summed E-state index contributed by atoms with van der Waals surface area (Å²) >= 11 is 6.09. The van der Waals surface area contributed by atoms with Crippen molar-refractivity contribution in [3.8, 4) is 0 Å². The van der Waals surface area contributed by atoms with Gasteiger partial charge >= 0.3 is 5.97 Å². The standard InChI is InChI=1S/C21H23ClN2O4/c1-3-23-20(26)14(2)28-19(25)13-18(15-9-5-4-6-10-15)24-21(27)16-11-7-8-12-17(16)22/h4-12,14,18H,3,13H2,1-2H3,(H,23,26)(H,24,27)/t14-,18+/m0/s1. The second-order valence-corrected chi connectivity index (χ2v) is 6.55. The van der Waals surface area contributed by atoms with E-state index in [1.807, 2.05) is 18.2 Å². The highest BCUT2D eigenvalue weighted by molar-refractivity contribution is 6.33. The van der Waals surface area contributed by atoms with Crippen LogP contribution < -0.4 is 10.6 Å². The molecule has 2 aromatic rings. The number of amides is 2. The molecule has 0 fully saturated rings. The molecule has 0 aliphatic heterocycles. The van der Waals surface area contributed by atoms with Gasteiger partial charge in [0, 0.05) is 6.54 Å². The number of hydrogen-bond donors (Lipinski definition) is 2. The lowest BCUT2D eigenvalue weighted by molar-refractivity contribution is -0.155. The van der Waals surface area contributed by atoms with Gasteiger partial charge in [-0.3, -0.25) is 14.4 Å². The largest absolute Gasteiger partial charge is 0.452 e. The summed E-state index contributed by atoms with van der Waals surface area (Å²) in [7, 11) is 0. The van der Waals surface area contributed by atoms with Crippen molar-refractivity contribution >= 4 is 29.4 Å². The predicted octanol–water partition coefficient (Wildman–Crippen LogP) is 3.27. The average molecular weight is 403 g/mol. The molecular formula is C21H23ClN2O4. The highest BCUT2D eigenvalue weighted by atomic mass is 35.5. The second-order valence-electron chi connectivity index (χ2n) is 6.15. The van der Waals surface area contributed by atoms with Crippen LogP contribution in [0.3, 0.4) is 0 Å². The summed E-state index contributed by atoms with van der Waals surface area (Å²) in [6.45, 7) is 3.73. The Bertz CT molecular complexity index is 826. The number of esters is 1. The van der Waals surface area contributed by atoms with Gasteiger partial charge in [-0.15, -0.1) is 0 Å². The van der Waals surface area contributed by atoms with Crippen LogP contribution in [0.5, 0.6) is 0 Å². The number of carbonyl (C=O) groups is 3. The monoisotopic (exact) mass is 402 g/mol. The molecule has 2 rings (SSSR count). The molecule has 0 saturated carbocycles. The van der Waals surface area contributed by atoms with E-state index in [4.69, 9.17) is 16.3 Å². The van der Waals surface area contributed by atoms with E-state index in [0.29, 0.717) is 17.1 Å². The summed E-state index contributed by atoms with van der Waals surface area (Å²) in [4.78, 5) is 36.7. The van der Waals surface area contributed by atoms with Gasteiger partial charge in [0.1, 0.15) is 0 Å². The van der Waals surface area contributed by atoms with Crippen LogP contribution in [0.15, 0.2) is 54.6 Å². The van der Waals surface area contributed by atoms with Gasteiger partial charge < -0.3 is 15.4 Å². The summed E-state index contributed by atoms with van der Waals surface area (Å²) in [5, 5.41) is 5.74. The van der Waals surface area contributed by atoms with Crippen LogP contribution in [-0.4, -0.2) is 30.4 Å². The quantitative estimate of drug-likeness (QED) is 0.664. The lowest BCUT2D eigenvalue weighted by atomic mass is 10.0. The van der Waals surface area contributed by atoms with E-state index < -0.39 is 24.0 Å². The van der Waals surface area contributed by atoms with Crippen molar-refractivity contribution in [2.75, 3.05) is 6.54 Å². The van der Waals surface area contributed by atoms with Crippen molar-refractivity contribution < 1.29 is 19.1 Å². The van der Waals surface area contributed by atoms with Gasteiger partial charge in [-0.25, -0.2) is 0 Å². The molecule has 0 unspecified atom stereocenters. The first-order valence-corrected chi connectivity index (χ1v) is 9.37. The molecular weight excluding hydrogens is 380 g/mol. The van der Waals surface area contributed by atoms with Gasteiger partial charge in [-0.05, 0) is 31.5 Å². The van der Waals surface area contributed by atoms with Gasteiger partial charge in [-0.2, -0.15) is 0 Å². The Balaban J connectivity index is 2.12. The maximum atomic E-state index is 12.6. The molecule has 2 N–H and O–H groups in total. The summed E-state index contributed by atoms with van der Waals surface area (Å²) < 4.78 is 5.20. The van der Waals surface area contributed by atoms with E-state index in [9.17, 15) is 14.4 Å². The zero-order chi connectivity index (χ0) is 20.5. The Morgan fingerprint density at radius 2 is 1.68 bits per heavy atom. The highest BCUT2D eigenvalue weighted by Crippen LogP contribution is 2.21. The first-order chi connectivity index (χ1) is 13.4. The highest BCUT2D eigenvalue weighted by Gasteiger charge is 2.23. The second kappa shape index (κ2) is 10.5. The number of carbonyl (C=O) groups excluding carboxylic acids is 3. The van der Waals surface area contributed by atoms with E-state index in [1.165, 1.54) is 6.92 Å². The molecule has 0 heterocycles. The van der Waals surface area contributed by atoms with E-state index in [0.717, 1.165) is 5.56 Å². The number of benzene rings is 2. The average Bonchev–Trinajstić information content (AvgIpc) is 2.68. The minimum atomic E-state index is -0.914. The maximum absolute atomic E-state index is 12.6. The molecule has 28 heavy (non-hydrogen) atoms. The molecule has 6 nitrogen and oxygen atoms in total. The third kappa shape index (κ3) is 6.09. The first kappa shape index (κ1) is 21.4. The number of halogens is 1. The third-order valence-electron chi connectivity index (χ3n) is 4.02.